The molecule has 2 atom stereocenters. The van der Waals surface area contributed by atoms with E-state index in [0.717, 1.165) is 12.8 Å². The molecule has 0 aromatic carbocycles. The highest BCUT2D eigenvalue weighted by Gasteiger charge is 2.44. The number of rotatable bonds is 4. The first-order chi connectivity index (χ1) is 9.46. The van der Waals surface area contributed by atoms with Crippen LogP contribution in [0.4, 0.5) is 4.79 Å². The van der Waals surface area contributed by atoms with Crippen molar-refractivity contribution in [3.05, 3.63) is 0 Å². The van der Waals surface area contributed by atoms with Gasteiger partial charge in [0, 0.05) is 19.6 Å². The first-order valence-electron chi connectivity index (χ1n) is 7.70. The Labute approximate surface area is 120 Å². The quantitative estimate of drug-likeness (QED) is 0.832. The number of nitrogens with one attached hydrogen (secondary N) is 1. The minimum Gasteiger partial charge on any atom is -0.481 e. The number of hydrogen-bond acceptors (Lipinski definition) is 2. The summed E-state index contributed by atoms with van der Waals surface area (Å²) in [6.45, 7) is 2.45. The summed E-state index contributed by atoms with van der Waals surface area (Å²) < 4.78 is 0. The molecule has 0 radical (unpaired) electrons. The molecule has 0 saturated heterocycles. The highest BCUT2D eigenvalue weighted by molar-refractivity contribution is 5.79. The van der Waals surface area contributed by atoms with E-state index in [0.29, 0.717) is 18.8 Å². The molecular weight excluding hydrogens is 256 g/mol. The Bertz CT molecular complexity index is 379. The van der Waals surface area contributed by atoms with Crippen LogP contribution < -0.4 is 5.32 Å². The van der Waals surface area contributed by atoms with Crippen LogP contribution in [0.3, 0.4) is 0 Å². The van der Waals surface area contributed by atoms with E-state index in [4.69, 9.17) is 0 Å². The Balaban J connectivity index is 1.86. The zero-order valence-electron chi connectivity index (χ0n) is 12.5. The summed E-state index contributed by atoms with van der Waals surface area (Å²) in [4.78, 5) is 25.3. The van der Waals surface area contributed by atoms with Gasteiger partial charge in [-0.25, -0.2) is 4.79 Å². The van der Waals surface area contributed by atoms with E-state index >= 15 is 0 Å². The largest absolute Gasteiger partial charge is 0.481 e. The molecule has 0 aromatic heterocycles. The van der Waals surface area contributed by atoms with Crippen molar-refractivity contribution in [2.75, 3.05) is 13.6 Å². The molecule has 114 valence electrons. The fraction of sp³-hybridized carbons (Fsp3) is 0.867. The van der Waals surface area contributed by atoms with Crippen LogP contribution >= 0.6 is 0 Å². The van der Waals surface area contributed by atoms with E-state index < -0.39 is 11.4 Å². The molecule has 0 heterocycles. The maximum absolute atomic E-state index is 12.2. The number of urea groups is 1. The molecule has 0 bridgehead atoms. The monoisotopic (exact) mass is 282 g/mol. The number of nitrogens with zero attached hydrogens (tertiary/aromatic N) is 1. The molecule has 0 spiro atoms. The van der Waals surface area contributed by atoms with Gasteiger partial charge < -0.3 is 15.3 Å². The van der Waals surface area contributed by atoms with Gasteiger partial charge in [-0.3, -0.25) is 4.79 Å². The van der Waals surface area contributed by atoms with E-state index in [2.05, 4.69) is 12.2 Å². The molecule has 5 heteroatoms. The molecule has 2 aliphatic carbocycles. The second-order valence-corrected chi connectivity index (χ2v) is 6.54. The van der Waals surface area contributed by atoms with Crippen molar-refractivity contribution < 1.29 is 14.7 Å². The van der Waals surface area contributed by atoms with Gasteiger partial charge in [-0.15, -0.1) is 0 Å². The first kappa shape index (κ1) is 15.1. The van der Waals surface area contributed by atoms with Gasteiger partial charge in [0.1, 0.15) is 0 Å². The summed E-state index contributed by atoms with van der Waals surface area (Å²) >= 11 is 0. The number of aliphatic carboxylic acids is 1. The van der Waals surface area contributed by atoms with Crippen molar-refractivity contribution in [2.24, 2.45) is 11.3 Å². The highest BCUT2D eigenvalue weighted by atomic mass is 16.4. The molecule has 2 saturated carbocycles. The Morgan fingerprint density at radius 2 is 1.90 bits per heavy atom. The SMILES string of the molecule is CC1CCCCC1N(C)C(=O)NCC1(C(=O)O)CCC1. The molecule has 0 aliphatic heterocycles. The van der Waals surface area contributed by atoms with Crippen LogP contribution in [0.2, 0.25) is 0 Å². The van der Waals surface area contributed by atoms with Crippen LogP contribution in [0, 0.1) is 11.3 Å². The van der Waals surface area contributed by atoms with Crippen molar-refractivity contribution in [1.82, 2.24) is 10.2 Å². The van der Waals surface area contributed by atoms with Crippen molar-refractivity contribution >= 4 is 12.0 Å². The van der Waals surface area contributed by atoms with Crippen LogP contribution in [-0.4, -0.2) is 41.6 Å². The van der Waals surface area contributed by atoms with Gasteiger partial charge in [-0.2, -0.15) is 0 Å². The lowest BCUT2D eigenvalue weighted by Gasteiger charge is -2.40. The molecular formula is C15H26N2O3. The molecule has 0 aromatic rings. The predicted octanol–water partition coefficient (Wildman–Crippen LogP) is 2.46. The maximum atomic E-state index is 12.2. The first-order valence-corrected chi connectivity index (χ1v) is 7.70. The fourth-order valence-electron chi connectivity index (χ4n) is 3.46. The lowest BCUT2D eigenvalue weighted by molar-refractivity contribution is -0.153. The summed E-state index contributed by atoms with van der Waals surface area (Å²) in [6.07, 6.45) is 6.92. The number of amides is 2. The summed E-state index contributed by atoms with van der Waals surface area (Å²) in [7, 11) is 1.83. The zero-order valence-corrected chi connectivity index (χ0v) is 12.5. The van der Waals surface area contributed by atoms with E-state index in [9.17, 15) is 14.7 Å². The number of carbonyl (C=O) groups is 2. The van der Waals surface area contributed by atoms with Gasteiger partial charge in [0.25, 0.3) is 0 Å². The topological polar surface area (TPSA) is 69.6 Å². The number of carbonyl (C=O) groups excluding carboxylic acids is 1. The Kier molecular flexibility index (Phi) is 4.55. The third kappa shape index (κ3) is 2.91. The average Bonchev–Trinajstić information content (AvgIpc) is 2.36. The van der Waals surface area contributed by atoms with Gasteiger partial charge in [0.15, 0.2) is 0 Å². The third-order valence-electron chi connectivity index (χ3n) is 5.23. The lowest BCUT2D eigenvalue weighted by atomic mass is 9.69. The lowest BCUT2D eigenvalue weighted by Crippen LogP contribution is -2.52. The van der Waals surface area contributed by atoms with E-state index in [-0.39, 0.29) is 18.6 Å². The molecule has 2 unspecified atom stereocenters. The molecule has 2 amide bonds. The van der Waals surface area contributed by atoms with Gasteiger partial charge >= 0.3 is 12.0 Å². The molecule has 2 N–H and O–H groups in total. The zero-order chi connectivity index (χ0) is 14.8. The maximum Gasteiger partial charge on any atom is 0.317 e. The number of carboxylic acids is 1. The predicted molar refractivity (Wildman–Crippen MR) is 76.5 cm³/mol. The van der Waals surface area contributed by atoms with Crippen molar-refractivity contribution in [2.45, 2.75) is 57.9 Å². The van der Waals surface area contributed by atoms with Gasteiger partial charge in [-0.05, 0) is 31.6 Å². The van der Waals surface area contributed by atoms with Gasteiger partial charge in [0.05, 0.1) is 5.41 Å². The summed E-state index contributed by atoms with van der Waals surface area (Å²) in [5, 5.41) is 12.1. The Hall–Kier alpha value is -1.26. The standard InChI is InChI=1S/C15H26N2O3/c1-11-6-3-4-7-12(11)17(2)14(20)16-10-15(13(18)19)8-5-9-15/h11-12H,3-10H2,1-2H3,(H,16,20)(H,18,19). The van der Waals surface area contributed by atoms with E-state index in [1.807, 2.05) is 7.05 Å². The molecule has 20 heavy (non-hydrogen) atoms. The van der Waals surface area contributed by atoms with E-state index in [1.54, 1.807) is 4.90 Å². The third-order valence-corrected chi connectivity index (χ3v) is 5.23. The normalized spacial score (nSPS) is 28.3. The summed E-state index contributed by atoms with van der Waals surface area (Å²) in [5.74, 6) is -0.255. The number of hydrogen-bond donors (Lipinski definition) is 2. The van der Waals surface area contributed by atoms with E-state index in [1.165, 1.54) is 19.3 Å². The van der Waals surface area contributed by atoms with Crippen LogP contribution in [0.25, 0.3) is 0 Å². The van der Waals surface area contributed by atoms with Gasteiger partial charge in [0.2, 0.25) is 0 Å². The molecule has 5 nitrogen and oxygen atoms in total. The van der Waals surface area contributed by atoms with Crippen LogP contribution in [0.1, 0.15) is 51.9 Å². The van der Waals surface area contributed by atoms with Crippen molar-refractivity contribution in [3.8, 4) is 0 Å². The molecule has 2 fully saturated rings. The minimum atomic E-state index is -0.780. The highest BCUT2D eigenvalue weighted by Crippen LogP contribution is 2.40. The minimum absolute atomic E-state index is 0.128. The van der Waals surface area contributed by atoms with Crippen LogP contribution in [0.15, 0.2) is 0 Å². The smallest absolute Gasteiger partial charge is 0.317 e. The second-order valence-electron chi connectivity index (χ2n) is 6.54. The molecule has 2 rings (SSSR count). The van der Waals surface area contributed by atoms with Gasteiger partial charge in [-0.1, -0.05) is 26.2 Å². The van der Waals surface area contributed by atoms with Crippen LogP contribution in [0.5, 0.6) is 0 Å². The van der Waals surface area contributed by atoms with Crippen LogP contribution in [-0.2, 0) is 4.79 Å². The number of carboxylic acid groups (broad SMARTS) is 1. The summed E-state index contributed by atoms with van der Waals surface area (Å²) in [5.41, 5.74) is -0.714. The second kappa shape index (κ2) is 6.02. The van der Waals surface area contributed by atoms with Crippen molar-refractivity contribution in [1.29, 1.82) is 0 Å². The average molecular weight is 282 g/mol. The van der Waals surface area contributed by atoms with Crippen molar-refractivity contribution in [3.63, 3.8) is 0 Å². The molecule has 2 aliphatic rings. The summed E-state index contributed by atoms with van der Waals surface area (Å²) in [6, 6.07) is 0.155. The Morgan fingerprint density at radius 3 is 2.40 bits per heavy atom. The fourth-order valence-corrected chi connectivity index (χ4v) is 3.46. The Morgan fingerprint density at radius 1 is 1.25 bits per heavy atom.